The Morgan fingerprint density at radius 1 is 1.42 bits per heavy atom. The number of amides is 1. The molecule has 2 aromatic rings. The number of aliphatic hydroxyl groups excluding tert-OH is 1. The van der Waals surface area contributed by atoms with Crippen LogP contribution in [-0.4, -0.2) is 33.4 Å². The molecule has 6 heteroatoms. The Balaban J connectivity index is 2.10. The van der Waals surface area contributed by atoms with Gasteiger partial charge in [-0.3, -0.25) is 4.79 Å². The molecule has 0 saturated heterocycles. The number of carbonyl (C=O) groups is 1. The van der Waals surface area contributed by atoms with Gasteiger partial charge in [-0.15, -0.1) is 0 Å². The van der Waals surface area contributed by atoms with Crippen LogP contribution in [0.3, 0.4) is 0 Å². The van der Waals surface area contributed by atoms with Gasteiger partial charge >= 0.3 is 0 Å². The lowest BCUT2D eigenvalue weighted by atomic mass is 10.3. The molecule has 2 rings (SSSR count). The lowest BCUT2D eigenvalue weighted by molar-refractivity contribution is 0.0918. The first-order valence-electron chi connectivity index (χ1n) is 5.94. The molecule has 0 fully saturated rings. The maximum Gasteiger partial charge on any atom is 0.271 e. The zero-order valence-corrected chi connectivity index (χ0v) is 10.6. The van der Waals surface area contributed by atoms with Crippen molar-refractivity contribution >= 4 is 11.6 Å². The minimum Gasteiger partial charge on any atom is -0.399 e. The molecule has 1 aromatic carbocycles. The van der Waals surface area contributed by atoms with Crippen LogP contribution in [0.2, 0.25) is 0 Å². The molecule has 1 heterocycles. The van der Waals surface area contributed by atoms with Crippen LogP contribution in [0.25, 0.3) is 5.69 Å². The number of hydrogen-bond donors (Lipinski definition) is 3. The normalized spacial score (nSPS) is 12.1. The zero-order chi connectivity index (χ0) is 13.8. The highest BCUT2D eigenvalue weighted by atomic mass is 16.3. The van der Waals surface area contributed by atoms with Gasteiger partial charge in [-0.2, -0.15) is 5.10 Å². The van der Waals surface area contributed by atoms with Gasteiger partial charge in [0.1, 0.15) is 0 Å². The van der Waals surface area contributed by atoms with Crippen molar-refractivity contribution < 1.29 is 9.90 Å². The molecule has 19 heavy (non-hydrogen) atoms. The van der Waals surface area contributed by atoms with Crippen LogP contribution in [0.15, 0.2) is 36.5 Å². The third kappa shape index (κ3) is 3.32. The molecule has 0 unspecified atom stereocenters. The summed E-state index contributed by atoms with van der Waals surface area (Å²) in [7, 11) is 0. The van der Waals surface area contributed by atoms with E-state index in [2.05, 4.69) is 10.4 Å². The van der Waals surface area contributed by atoms with Crippen molar-refractivity contribution in [1.82, 2.24) is 15.1 Å². The lowest BCUT2D eigenvalue weighted by Gasteiger charge is -2.05. The standard InChI is InChI=1S/C13H16N4O2/c1-9(18)8-15-13(19)12-6-7-17(16-12)11-4-2-10(14)3-5-11/h2-7,9,18H,8,14H2,1H3,(H,15,19)/t9-/m1/s1. The number of anilines is 1. The van der Waals surface area contributed by atoms with Gasteiger partial charge in [0.05, 0.1) is 11.8 Å². The second kappa shape index (κ2) is 5.53. The molecule has 0 spiro atoms. The predicted octanol–water partition coefficient (Wildman–Crippen LogP) is 0.565. The monoisotopic (exact) mass is 260 g/mol. The molecule has 100 valence electrons. The molecule has 6 nitrogen and oxygen atoms in total. The fourth-order valence-electron chi connectivity index (χ4n) is 1.55. The fraction of sp³-hybridized carbons (Fsp3) is 0.231. The van der Waals surface area contributed by atoms with E-state index < -0.39 is 6.10 Å². The van der Waals surface area contributed by atoms with Crippen LogP contribution in [0, 0.1) is 0 Å². The number of nitrogens with one attached hydrogen (secondary N) is 1. The number of rotatable bonds is 4. The van der Waals surface area contributed by atoms with Crippen LogP contribution in [0.1, 0.15) is 17.4 Å². The number of nitrogens with two attached hydrogens (primary N) is 1. The average molecular weight is 260 g/mol. The Bertz CT molecular complexity index is 560. The predicted molar refractivity (Wildman–Crippen MR) is 72.0 cm³/mol. The van der Waals surface area contributed by atoms with E-state index in [0.29, 0.717) is 11.4 Å². The first kappa shape index (κ1) is 13.1. The Kier molecular flexibility index (Phi) is 3.82. The molecule has 0 aliphatic rings. The highest BCUT2D eigenvalue weighted by Gasteiger charge is 2.10. The molecule has 1 aromatic heterocycles. The summed E-state index contributed by atoms with van der Waals surface area (Å²) >= 11 is 0. The second-order valence-corrected chi connectivity index (χ2v) is 4.30. The van der Waals surface area contributed by atoms with Crippen molar-refractivity contribution in [1.29, 1.82) is 0 Å². The highest BCUT2D eigenvalue weighted by Crippen LogP contribution is 2.10. The van der Waals surface area contributed by atoms with E-state index in [1.165, 1.54) is 0 Å². The molecule has 0 radical (unpaired) electrons. The Morgan fingerprint density at radius 2 is 2.11 bits per heavy atom. The largest absolute Gasteiger partial charge is 0.399 e. The van der Waals surface area contributed by atoms with Gasteiger partial charge in [0.25, 0.3) is 5.91 Å². The van der Waals surface area contributed by atoms with Crippen molar-refractivity contribution in [3.8, 4) is 5.69 Å². The summed E-state index contributed by atoms with van der Waals surface area (Å²) in [5.74, 6) is -0.310. The minimum absolute atomic E-state index is 0.202. The van der Waals surface area contributed by atoms with Crippen molar-refractivity contribution in [3.05, 3.63) is 42.2 Å². The Morgan fingerprint density at radius 3 is 2.74 bits per heavy atom. The van der Waals surface area contributed by atoms with E-state index in [1.807, 2.05) is 12.1 Å². The summed E-state index contributed by atoms with van der Waals surface area (Å²) in [4.78, 5) is 11.7. The summed E-state index contributed by atoms with van der Waals surface area (Å²) in [6.45, 7) is 1.81. The molecule has 1 atom stereocenters. The van der Waals surface area contributed by atoms with Gasteiger partial charge in [0.2, 0.25) is 0 Å². The quantitative estimate of drug-likeness (QED) is 0.700. The SMILES string of the molecule is C[C@@H](O)CNC(=O)c1ccn(-c2ccc(N)cc2)n1. The number of benzene rings is 1. The van der Waals surface area contributed by atoms with E-state index in [1.54, 1.807) is 36.0 Å². The zero-order valence-electron chi connectivity index (χ0n) is 10.6. The van der Waals surface area contributed by atoms with E-state index in [9.17, 15) is 4.79 Å². The molecule has 1 amide bonds. The number of aliphatic hydroxyl groups is 1. The summed E-state index contributed by atoms with van der Waals surface area (Å²) in [5, 5.41) is 15.9. The van der Waals surface area contributed by atoms with Crippen LogP contribution < -0.4 is 11.1 Å². The van der Waals surface area contributed by atoms with E-state index in [0.717, 1.165) is 5.69 Å². The van der Waals surface area contributed by atoms with Crippen LogP contribution in [0.5, 0.6) is 0 Å². The maximum absolute atomic E-state index is 11.7. The van der Waals surface area contributed by atoms with E-state index in [-0.39, 0.29) is 12.5 Å². The number of aromatic nitrogens is 2. The number of hydrogen-bond acceptors (Lipinski definition) is 4. The maximum atomic E-state index is 11.7. The molecule has 0 saturated carbocycles. The molecular weight excluding hydrogens is 244 g/mol. The average Bonchev–Trinajstić information content (AvgIpc) is 2.86. The van der Waals surface area contributed by atoms with Gasteiger partial charge < -0.3 is 16.2 Å². The number of nitrogen functional groups attached to an aromatic ring is 1. The third-order valence-electron chi connectivity index (χ3n) is 2.54. The van der Waals surface area contributed by atoms with Gasteiger partial charge in [-0.1, -0.05) is 0 Å². The first-order valence-corrected chi connectivity index (χ1v) is 5.94. The summed E-state index contributed by atoms with van der Waals surface area (Å²) < 4.78 is 1.59. The second-order valence-electron chi connectivity index (χ2n) is 4.30. The van der Waals surface area contributed by atoms with Crippen molar-refractivity contribution in [3.63, 3.8) is 0 Å². The van der Waals surface area contributed by atoms with Crippen molar-refractivity contribution in [2.75, 3.05) is 12.3 Å². The van der Waals surface area contributed by atoms with Gasteiger partial charge in [0.15, 0.2) is 5.69 Å². The van der Waals surface area contributed by atoms with E-state index in [4.69, 9.17) is 10.8 Å². The summed E-state index contributed by atoms with van der Waals surface area (Å²) in [6, 6.07) is 8.79. The fourth-order valence-corrected chi connectivity index (χ4v) is 1.55. The molecule has 0 bridgehead atoms. The third-order valence-corrected chi connectivity index (χ3v) is 2.54. The Hall–Kier alpha value is -2.34. The van der Waals surface area contributed by atoms with Crippen LogP contribution in [-0.2, 0) is 0 Å². The summed E-state index contributed by atoms with van der Waals surface area (Å²) in [6.07, 6.45) is 1.12. The van der Waals surface area contributed by atoms with Crippen molar-refractivity contribution in [2.45, 2.75) is 13.0 Å². The lowest BCUT2D eigenvalue weighted by Crippen LogP contribution is -2.30. The Labute approximate surface area is 110 Å². The van der Waals surface area contributed by atoms with Gasteiger partial charge in [-0.05, 0) is 37.3 Å². The van der Waals surface area contributed by atoms with Crippen LogP contribution >= 0.6 is 0 Å². The molecule has 0 aliphatic heterocycles. The summed E-state index contributed by atoms with van der Waals surface area (Å²) in [5.41, 5.74) is 7.41. The molecular formula is C13H16N4O2. The van der Waals surface area contributed by atoms with E-state index >= 15 is 0 Å². The number of nitrogens with zero attached hydrogens (tertiary/aromatic N) is 2. The minimum atomic E-state index is -0.580. The van der Waals surface area contributed by atoms with Crippen molar-refractivity contribution in [2.24, 2.45) is 0 Å². The molecule has 4 N–H and O–H groups in total. The topological polar surface area (TPSA) is 93.2 Å². The molecule has 0 aliphatic carbocycles. The highest BCUT2D eigenvalue weighted by molar-refractivity contribution is 5.92. The van der Waals surface area contributed by atoms with Gasteiger partial charge in [-0.25, -0.2) is 4.68 Å². The van der Waals surface area contributed by atoms with Crippen LogP contribution in [0.4, 0.5) is 5.69 Å². The number of carbonyl (C=O) groups excluding carboxylic acids is 1. The van der Waals surface area contributed by atoms with Gasteiger partial charge in [0, 0.05) is 18.4 Å². The smallest absolute Gasteiger partial charge is 0.271 e. The first-order chi connectivity index (χ1) is 9.06.